The van der Waals surface area contributed by atoms with Gasteiger partial charge in [0.2, 0.25) is 0 Å². The second kappa shape index (κ2) is 8.06. The van der Waals surface area contributed by atoms with Crippen molar-refractivity contribution in [3.63, 3.8) is 0 Å². The second-order valence-corrected chi connectivity index (χ2v) is 6.23. The highest BCUT2D eigenvalue weighted by Gasteiger charge is 2.17. The second-order valence-electron chi connectivity index (χ2n) is 6.23. The van der Waals surface area contributed by atoms with Gasteiger partial charge in [-0.2, -0.15) is 0 Å². The first kappa shape index (κ1) is 17.3. The van der Waals surface area contributed by atoms with Crippen LogP contribution in [0.3, 0.4) is 0 Å². The molecule has 8 heteroatoms. The first-order valence-electron chi connectivity index (χ1n) is 8.82. The number of aromatic nitrogens is 2. The molecular formula is C17H24N6O2. The lowest BCUT2D eigenvalue weighted by Gasteiger charge is -2.26. The number of piperidine rings is 1. The minimum atomic E-state index is -0.373. The van der Waals surface area contributed by atoms with Crippen LogP contribution in [0.25, 0.3) is 10.9 Å². The van der Waals surface area contributed by atoms with Crippen LogP contribution < -0.4 is 10.6 Å². The zero-order valence-corrected chi connectivity index (χ0v) is 14.5. The molecule has 2 heterocycles. The molecule has 25 heavy (non-hydrogen) atoms. The Balaban J connectivity index is 1.80. The Morgan fingerprint density at radius 3 is 2.72 bits per heavy atom. The normalized spacial score (nSPS) is 15.2. The predicted octanol–water partition coefficient (Wildman–Crippen LogP) is 2.87. The van der Waals surface area contributed by atoms with Gasteiger partial charge in [-0.05, 0) is 38.9 Å². The van der Waals surface area contributed by atoms with E-state index < -0.39 is 0 Å². The van der Waals surface area contributed by atoms with Gasteiger partial charge >= 0.3 is 0 Å². The molecule has 0 bridgehead atoms. The van der Waals surface area contributed by atoms with E-state index in [1.54, 1.807) is 12.1 Å². The molecule has 1 aliphatic heterocycles. The van der Waals surface area contributed by atoms with Gasteiger partial charge in [-0.3, -0.25) is 10.1 Å². The summed E-state index contributed by atoms with van der Waals surface area (Å²) >= 11 is 0. The summed E-state index contributed by atoms with van der Waals surface area (Å²) in [5.74, 6) is 0.646. The topological polar surface area (TPSA) is 96.2 Å². The minimum Gasteiger partial charge on any atom is -0.380 e. The van der Waals surface area contributed by atoms with Crippen LogP contribution in [0.4, 0.5) is 17.2 Å². The highest BCUT2D eigenvalue weighted by atomic mass is 16.6. The number of benzene rings is 1. The SMILES string of the molecule is CCNc1cc2ncnc(NCCN3CCCCC3)c2cc1[N+](=O)[O-]. The molecule has 1 fully saturated rings. The van der Waals surface area contributed by atoms with E-state index in [2.05, 4.69) is 25.5 Å². The molecule has 2 N–H and O–H groups in total. The lowest BCUT2D eigenvalue weighted by atomic mass is 10.1. The third kappa shape index (κ3) is 4.14. The van der Waals surface area contributed by atoms with Crippen molar-refractivity contribution in [3.05, 3.63) is 28.6 Å². The van der Waals surface area contributed by atoms with Gasteiger partial charge in [0.25, 0.3) is 5.69 Å². The molecular weight excluding hydrogens is 320 g/mol. The van der Waals surface area contributed by atoms with Crippen molar-refractivity contribution in [1.82, 2.24) is 14.9 Å². The Labute approximate surface area is 146 Å². The van der Waals surface area contributed by atoms with E-state index in [-0.39, 0.29) is 10.6 Å². The summed E-state index contributed by atoms with van der Waals surface area (Å²) in [6.45, 7) is 6.51. The van der Waals surface area contributed by atoms with E-state index in [4.69, 9.17) is 0 Å². The van der Waals surface area contributed by atoms with E-state index in [1.807, 2.05) is 6.92 Å². The maximum atomic E-state index is 11.4. The number of nitrogens with zero attached hydrogens (tertiary/aromatic N) is 4. The Kier molecular flexibility index (Phi) is 5.60. The quantitative estimate of drug-likeness (QED) is 0.589. The fourth-order valence-electron chi connectivity index (χ4n) is 3.23. The molecule has 1 aromatic carbocycles. The number of hydrogen-bond acceptors (Lipinski definition) is 7. The van der Waals surface area contributed by atoms with Crippen molar-refractivity contribution in [2.24, 2.45) is 0 Å². The molecule has 0 saturated carbocycles. The van der Waals surface area contributed by atoms with Crippen LogP contribution in [0.1, 0.15) is 26.2 Å². The summed E-state index contributed by atoms with van der Waals surface area (Å²) in [7, 11) is 0. The highest BCUT2D eigenvalue weighted by Crippen LogP contribution is 2.31. The number of nitro groups is 1. The summed E-state index contributed by atoms with van der Waals surface area (Å²) < 4.78 is 0. The van der Waals surface area contributed by atoms with E-state index in [1.165, 1.54) is 25.6 Å². The van der Waals surface area contributed by atoms with Gasteiger partial charge in [-0.1, -0.05) is 6.42 Å². The average molecular weight is 344 g/mol. The number of anilines is 2. The Morgan fingerprint density at radius 1 is 1.20 bits per heavy atom. The van der Waals surface area contributed by atoms with Crippen LogP contribution in [0.2, 0.25) is 0 Å². The Hall–Kier alpha value is -2.48. The smallest absolute Gasteiger partial charge is 0.293 e. The number of fused-ring (bicyclic) bond motifs is 1. The molecule has 8 nitrogen and oxygen atoms in total. The Bertz CT molecular complexity index is 745. The van der Waals surface area contributed by atoms with Crippen LogP contribution in [0.5, 0.6) is 0 Å². The molecule has 134 valence electrons. The summed E-state index contributed by atoms with van der Waals surface area (Å²) in [4.78, 5) is 22.0. The van der Waals surface area contributed by atoms with E-state index in [0.29, 0.717) is 29.0 Å². The van der Waals surface area contributed by atoms with Gasteiger partial charge in [0, 0.05) is 31.1 Å². The molecule has 0 spiro atoms. The first-order valence-corrected chi connectivity index (χ1v) is 8.82. The van der Waals surface area contributed by atoms with Crippen molar-refractivity contribution < 1.29 is 4.92 Å². The third-order valence-electron chi connectivity index (χ3n) is 4.49. The summed E-state index contributed by atoms with van der Waals surface area (Å²) in [6.07, 6.45) is 5.33. The van der Waals surface area contributed by atoms with E-state index in [9.17, 15) is 10.1 Å². The van der Waals surface area contributed by atoms with Gasteiger partial charge in [0.05, 0.1) is 10.4 Å². The van der Waals surface area contributed by atoms with Gasteiger partial charge in [-0.25, -0.2) is 9.97 Å². The first-order chi connectivity index (χ1) is 12.2. The molecule has 0 amide bonds. The zero-order chi connectivity index (χ0) is 17.6. The van der Waals surface area contributed by atoms with Crippen LogP contribution in [0.15, 0.2) is 18.5 Å². The fraction of sp³-hybridized carbons (Fsp3) is 0.529. The van der Waals surface area contributed by atoms with Crippen molar-refractivity contribution >= 4 is 28.1 Å². The van der Waals surface area contributed by atoms with Gasteiger partial charge in [0.15, 0.2) is 0 Å². The number of nitrogens with one attached hydrogen (secondary N) is 2. The number of rotatable bonds is 7. The molecule has 0 unspecified atom stereocenters. The number of likely N-dealkylation sites (tertiary alicyclic amines) is 1. The van der Waals surface area contributed by atoms with Crippen molar-refractivity contribution in [1.29, 1.82) is 0 Å². The molecule has 2 aromatic rings. The molecule has 0 aliphatic carbocycles. The number of hydrogen-bond donors (Lipinski definition) is 2. The molecule has 0 atom stereocenters. The standard InChI is InChI=1S/C17H24N6O2/c1-2-18-15-11-14-13(10-16(15)23(24)25)17(21-12-20-14)19-6-9-22-7-4-3-5-8-22/h10-12,18H,2-9H2,1H3,(H,19,20,21). The lowest BCUT2D eigenvalue weighted by molar-refractivity contribution is -0.383. The number of nitro benzene ring substituents is 1. The molecule has 1 saturated heterocycles. The van der Waals surface area contributed by atoms with Crippen molar-refractivity contribution in [2.45, 2.75) is 26.2 Å². The predicted molar refractivity (Wildman–Crippen MR) is 99.1 cm³/mol. The molecule has 1 aromatic heterocycles. The maximum absolute atomic E-state index is 11.4. The van der Waals surface area contributed by atoms with Crippen LogP contribution >= 0.6 is 0 Å². The zero-order valence-electron chi connectivity index (χ0n) is 14.5. The van der Waals surface area contributed by atoms with Gasteiger partial charge in [-0.15, -0.1) is 0 Å². The van der Waals surface area contributed by atoms with Crippen molar-refractivity contribution in [2.75, 3.05) is 43.4 Å². The average Bonchev–Trinajstić information content (AvgIpc) is 2.62. The van der Waals surface area contributed by atoms with E-state index in [0.717, 1.165) is 26.2 Å². The largest absolute Gasteiger partial charge is 0.380 e. The lowest BCUT2D eigenvalue weighted by Crippen LogP contribution is -2.33. The van der Waals surface area contributed by atoms with Gasteiger partial charge < -0.3 is 15.5 Å². The van der Waals surface area contributed by atoms with Crippen LogP contribution in [0, 0.1) is 10.1 Å². The van der Waals surface area contributed by atoms with Crippen molar-refractivity contribution in [3.8, 4) is 0 Å². The van der Waals surface area contributed by atoms with Crippen LogP contribution in [-0.4, -0.2) is 52.5 Å². The summed E-state index contributed by atoms with van der Waals surface area (Å²) in [5.41, 5.74) is 1.22. The Morgan fingerprint density at radius 2 is 2.00 bits per heavy atom. The molecule has 1 aliphatic rings. The maximum Gasteiger partial charge on any atom is 0.293 e. The van der Waals surface area contributed by atoms with Crippen LogP contribution in [-0.2, 0) is 0 Å². The minimum absolute atomic E-state index is 0.0447. The summed E-state index contributed by atoms with van der Waals surface area (Å²) in [6, 6.07) is 3.27. The fourth-order valence-corrected chi connectivity index (χ4v) is 3.23. The third-order valence-corrected chi connectivity index (χ3v) is 4.49. The monoisotopic (exact) mass is 344 g/mol. The molecule has 3 rings (SSSR count). The van der Waals surface area contributed by atoms with Gasteiger partial charge in [0.1, 0.15) is 17.8 Å². The van der Waals surface area contributed by atoms with E-state index >= 15 is 0 Å². The summed E-state index contributed by atoms with van der Waals surface area (Å²) in [5, 5.41) is 18.4. The highest BCUT2D eigenvalue weighted by molar-refractivity contribution is 5.94. The molecule has 0 radical (unpaired) electrons.